The Labute approximate surface area is 153 Å². The van der Waals surface area contributed by atoms with Gasteiger partial charge in [0.25, 0.3) is 0 Å². The first-order valence-electron chi connectivity index (χ1n) is 8.78. The van der Waals surface area contributed by atoms with E-state index in [0.717, 1.165) is 24.3 Å². The minimum absolute atomic E-state index is 0.199. The molecule has 0 radical (unpaired) electrons. The van der Waals surface area contributed by atoms with Crippen LogP contribution in [0.3, 0.4) is 0 Å². The monoisotopic (exact) mass is 374 g/mol. The van der Waals surface area contributed by atoms with E-state index in [1.54, 1.807) is 6.07 Å². The molecule has 4 rings (SSSR count). The maximum atomic E-state index is 12.8. The number of nitrogens with one attached hydrogen (secondary N) is 1. The molecular formula is C19H22N2O4S. The molecule has 2 aromatic rings. The maximum absolute atomic E-state index is 12.8. The van der Waals surface area contributed by atoms with Crippen molar-refractivity contribution < 1.29 is 17.9 Å². The predicted octanol–water partition coefficient (Wildman–Crippen LogP) is 1.81. The van der Waals surface area contributed by atoms with Gasteiger partial charge in [0.05, 0.1) is 19.3 Å². The normalized spacial score (nSPS) is 22.2. The number of fused-ring (bicyclic) bond motifs is 1. The molecule has 1 saturated heterocycles. The topological polar surface area (TPSA) is 67.9 Å². The standard InChI is InChI=1S/C19H22N2O4S/c22-26(23)19-7-6-17(21-8-10-24-11-9-21)13-18(19)25-14-16(20-26)12-15-4-2-1-3-5-15/h1-7,13,16,20H,8-12,14H2/t16-/m1/s1. The SMILES string of the molecule is O=S1(=O)N[C@H](Cc2ccccc2)COc2cc(N3CCOCC3)ccc21. The number of sulfonamides is 1. The fourth-order valence-corrected chi connectivity index (χ4v) is 4.70. The van der Waals surface area contributed by atoms with Crippen LogP contribution in [-0.4, -0.2) is 47.4 Å². The van der Waals surface area contributed by atoms with Crippen LogP contribution < -0.4 is 14.4 Å². The van der Waals surface area contributed by atoms with E-state index in [-0.39, 0.29) is 10.9 Å². The van der Waals surface area contributed by atoms with E-state index < -0.39 is 10.0 Å². The fraction of sp³-hybridized carbons (Fsp3) is 0.368. The first kappa shape index (κ1) is 17.3. The van der Waals surface area contributed by atoms with E-state index >= 15 is 0 Å². The lowest BCUT2D eigenvalue weighted by Gasteiger charge is -2.29. The lowest BCUT2D eigenvalue weighted by atomic mass is 10.1. The molecule has 1 N–H and O–H groups in total. The van der Waals surface area contributed by atoms with Crippen LogP contribution in [0.5, 0.6) is 5.75 Å². The van der Waals surface area contributed by atoms with Gasteiger partial charge in [0.1, 0.15) is 17.3 Å². The van der Waals surface area contributed by atoms with Crippen molar-refractivity contribution in [3.8, 4) is 5.75 Å². The highest BCUT2D eigenvalue weighted by atomic mass is 32.2. The summed E-state index contributed by atoms with van der Waals surface area (Å²) in [6.45, 7) is 3.24. The smallest absolute Gasteiger partial charge is 0.244 e. The molecule has 1 fully saturated rings. The molecule has 2 heterocycles. The molecule has 0 aromatic heterocycles. The van der Waals surface area contributed by atoms with E-state index in [1.807, 2.05) is 42.5 Å². The Balaban J connectivity index is 1.57. The quantitative estimate of drug-likeness (QED) is 0.887. The number of hydrogen-bond acceptors (Lipinski definition) is 5. The molecule has 2 aromatic carbocycles. The van der Waals surface area contributed by atoms with Crippen molar-refractivity contribution >= 4 is 15.7 Å². The fourth-order valence-electron chi connectivity index (χ4n) is 3.36. The molecule has 0 aliphatic carbocycles. The second-order valence-corrected chi connectivity index (χ2v) is 8.23. The largest absolute Gasteiger partial charge is 0.490 e. The van der Waals surface area contributed by atoms with Crippen molar-refractivity contribution in [1.82, 2.24) is 4.72 Å². The second-order valence-electron chi connectivity index (χ2n) is 6.55. The first-order chi connectivity index (χ1) is 12.6. The van der Waals surface area contributed by atoms with Crippen molar-refractivity contribution in [3.05, 3.63) is 54.1 Å². The Bertz CT molecular complexity index is 864. The molecule has 6 nitrogen and oxygen atoms in total. The average molecular weight is 374 g/mol. The van der Waals surface area contributed by atoms with E-state index in [2.05, 4.69) is 9.62 Å². The van der Waals surface area contributed by atoms with Crippen molar-refractivity contribution in [2.45, 2.75) is 17.4 Å². The molecule has 1 atom stereocenters. The van der Waals surface area contributed by atoms with Crippen LogP contribution in [0.25, 0.3) is 0 Å². The Morgan fingerprint density at radius 1 is 1.08 bits per heavy atom. The third kappa shape index (κ3) is 3.70. The molecule has 26 heavy (non-hydrogen) atoms. The summed E-state index contributed by atoms with van der Waals surface area (Å²) in [5, 5.41) is 0. The van der Waals surface area contributed by atoms with Crippen molar-refractivity contribution in [2.24, 2.45) is 0 Å². The first-order valence-corrected chi connectivity index (χ1v) is 10.3. The van der Waals surface area contributed by atoms with Crippen LogP contribution in [-0.2, 0) is 21.2 Å². The number of hydrogen-bond donors (Lipinski definition) is 1. The summed E-state index contributed by atoms with van der Waals surface area (Å²) >= 11 is 0. The lowest BCUT2D eigenvalue weighted by Crippen LogP contribution is -2.38. The Hall–Kier alpha value is -2.09. The number of anilines is 1. The molecule has 0 bridgehead atoms. The average Bonchev–Trinajstić information content (AvgIpc) is 2.79. The van der Waals surface area contributed by atoms with Crippen LogP contribution in [0, 0.1) is 0 Å². The zero-order valence-electron chi connectivity index (χ0n) is 14.4. The van der Waals surface area contributed by atoms with Crippen LogP contribution in [0.1, 0.15) is 5.56 Å². The number of ether oxygens (including phenoxy) is 2. The van der Waals surface area contributed by atoms with Gasteiger partial charge in [0, 0.05) is 24.8 Å². The van der Waals surface area contributed by atoms with E-state index in [9.17, 15) is 8.42 Å². The lowest BCUT2D eigenvalue weighted by molar-refractivity contribution is 0.122. The van der Waals surface area contributed by atoms with E-state index in [0.29, 0.717) is 32.0 Å². The summed E-state index contributed by atoms with van der Waals surface area (Å²) in [5.74, 6) is 0.414. The van der Waals surface area contributed by atoms with Crippen LogP contribution in [0.15, 0.2) is 53.4 Å². The zero-order valence-corrected chi connectivity index (χ0v) is 15.2. The highest BCUT2D eigenvalue weighted by Crippen LogP contribution is 2.31. The molecule has 0 amide bonds. The number of nitrogens with zero attached hydrogens (tertiary/aromatic N) is 1. The summed E-state index contributed by atoms with van der Waals surface area (Å²) in [6.07, 6.45) is 0.588. The Kier molecular flexibility index (Phi) is 4.84. The molecular weight excluding hydrogens is 352 g/mol. The minimum Gasteiger partial charge on any atom is -0.490 e. The van der Waals surface area contributed by atoms with E-state index in [1.165, 1.54) is 0 Å². The molecule has 0 spiro atoms. The van der Waals surface area contributed by atoms with Crippen LogP contribution in [0.4, 0.5) is 5.69 Å². The van der Waals surface area contributed by atoms with E-state index in [4.69, 9.17) is 9.47 Å². The third-order valence-corrected chi connectivity index (χ3v) is 6.24. The third-order valence-electron chi connectivity index (χ3n) is 4.68. The highest BCUT2D eigenvalue weighted by molar-refractivity contribution is 7.89. The highest BCUT2D eigenvalue weighted by Gasteiger charge is 2.29. The predicted molar refractivity (Wildman–Crippen MR) is 99.2 cm³/mol. The van der Waals surface area contributed by atoms with Gasteiger partial charge in [-0.25, -0.2) is 13.1 Å². The molecule has 138 valence electrons. The summed E-state index contributed by atoms with van der Waals surface area (Å²) in [4.78, 5) is 2.38. The van der Waals surface area contributed by atoms with Crippen molar-refractivity contribution in [1.29, 1.82) is 0 Å². The number of rotatable bonds is 3. The van der Waals surface area contributed by atoms with Gasteiger partial charge < -0.3 is 14.4 Å². The molecule has 2 aliphatic heterocycles. The van der Waals surface area contributed by atoms with Gasteiger partial charge in [-0.3, -0.25) is 0 Å². The van der Waals surface area contributed by atoms with Gasteiger partial charge in [-0.2, -0.15) is 0 Å². The molecule has 2 aliphatic rings. The van der Waals surface area contributed by atoms with Crippen LogP contribution >= 0.6 is 0 Å². The Morgan fingerprint density at radius 2 is 1.85 bits per heavy atom. The molecule has 7 heteroatoms. The summed E-state index contributed by atoms with van der Waals surface area (Å²) in [6, 6.07) is 14.8. The second kappa shape index (κ2) is 7.26. The Morgan fingerprint density at radius 3 is 2.62 bits per heavy atom. The van der Waals surface area contributed by atoms with Gasteiger partial charge in [0.15, 0.2) is 0 Å². The van der Waals surface area contributed by atoms with Gasteiger partial charge in [-0.1, -0.05) is 30.3 Å². The van der Waals surface area contributed by atoms with Crippen molar-refractivity contribution in [2.75, 3.05) is 37.8 Å². The van der Waals surface area contributed by atoms with Gasteiger partial charge in [-0.15, -0.1) is 0 Å². The van der Waals surface area contributed by atoms with Crippen LogP contribution in [0.2, 0.25) is 0 Å². The zero-order chi connectivity index (χ0) is 18.0. The number of morpholine rings is 1. The minimum atomic E-state index is -3.61. The van der Waals surface area contributed by atoms with Gasteiger partial charge in [-0.05, 0) is 24.1 Å². The summed E-state index contributed by atoms with van der Waals surface area (Å²) < 4.78 is 39.6. The summed E-state index contributed by atoms with van der Waals surface area (Å²) in [7, 11) is -3.61. The van der Waals surface area contributed by atoms with Crippen molar-refractivity contribution in [3.63, 3.8) is 0 Å². The number of benzene rings is 2. The van der Waals surface area contributed by atoms with Gasteiger partial charge >= 0.3 is 0 Å². The van der Waals surface area contributed by atoms with Gasteiger partial charge in [0.2, 0.25) is 10.0 Å². The molecule has 0 unspecified atom stereocenters. The maximum Gasteiger partial charge on any atom is 0.244 e. The molecule has 0 saturated carbocycles. The summed E-state index contributed by atoms with van der Waals surface area (Å²) in [5.41, 5.74) is 2.03.